The molecular formula is C39H58N6O11S. The number of nitrogen functional groups attached to an aromatic ring is 1. The Morgan fingerprint density at radius 2 is 1.86 bits per heavy atom. The summed E-state index contributed by atoms with van der Waals surface area (Å²) in [5.74, 6) is -4.40. The molecule has 0 saturated carbocycles. The van der Waals surface area contributed by atoms with Crippen LogP contribution in [0.15, 0.2) is 23.5 Å². The number of anilines is 1. The Bertz CT molecular complexity index is 1740. The highest BCUT2D eigenvalue weighted by atomic mass is 32.1. The van der Waals surface area contributed by atoms with Crippen molar-refractivity contribution < 1.29 is 53.1 Å². The van der Waals surface area contributed by atoms with Crippen LogP contribution in [0.25, 0.3) is 10.6 Å². The van der Waals surface area contributed by atoms with Crippen molar-refractivity contribution >= 4 is 40.7 Å². The van der Waals surface area contributed by atoms with Crippen molar-refractivity contribution in [2.75, 3.05) is 33.0 Å². The number of aromatic nitrogens is 3. The zero-order chi connectivity index (χ0) is 41.8. The number of likely N-dealkylation sites (N-methyl/N-ethyl adjacent to an activating group) is 1. The maximum absolute atomic E-state index is 14.3. The molecule has 0 aliphatic carbocycles. The first-order chi connectivity index (χ1) is 26.8. The number of aliphatic hydroxyl groups is 2. The second-order valence-corrected chi connectivity index (χ2v) is 17.0. The average molecular weight is 819 g/mol. The molecule has 0 amide bonds. The van der Waals surface area contributed by atoms with Crippen LogP contribution in [0.2, 0.25) is 0 Å². The fourth-order valence-corrected chi connectivity index (χ4v) is 8.41. The van der Waals surface area contributed by atoms with Gasteiger partial charge in [-0.25, -0.2) is 0 Å². The molecule has 12 atom stereocenters. The molecule has 3 saturated heterocycles. The molecule has 2 bridgehead atoms. The summed E-state index contributed by atoms with van der Waals surface area (Å²) >= 11 is 1.16. The highest BCUT2D eigenvalue weighted by Crippen LogP contribution is 2.39. The van der Waals surface area contributed by atoms with Gasteiger partial charge in [0.1, 0.15) is 40.2 Å². The van der Waals surface area contributed by atoms with Gasteiger partial charge in [0.2, 0.25) is 5.95 Å². The highest BCUT2D eigenvalue weighted by molar-refractivity contribution is 7.09. The Balaban J connectivity index is 1.54. The molecule has 4 N–H and O–H groups in total. The van der Waals surface area contributed by atoms with Gasteiger partial charge in [-0.1, -0.05) is 25.9 Å². The van der Waals surface area contributed by atoms with E-state index in [9.17, 15) is 24.6 Å². The van der Waals surface area contributed by atoms with E-state index in [4.69, 9.17) is 34.3 Å². The predicted molar refractivity (Wildman–Crippen MR) is 209 cm³/mol. The average Bonchev–Trinajstić information content (AvgIpc) is 3.60. The molecule has 3 fully saturated rings. The standard InChI is InChI=1S/C39H58N6O11S/c1-10-29-39(7,50)30-14-28(46)20(2)15-38(6,52-18-26(17-51-30)43-53-19-25-12-11-24(16-41-25)34-42-37(40)44-57-34)33(22(4)31(47)23(5)35(49)55-29)56-36-32(48)27(45(8)9)13-21(3)54-36/h11-12,16,20-23,27,29-30,32-33,36,48,50H,10,13-15,17-19H2,1-9H3,(H2,40,44)/b43-26+/t20-,21-,22+,23-,27+,29-,30-,32-,33-,36+,38-,39-/m1/s1. The first kappa shape index (κ1) is 44.6. The van der Waals surface area contributed by atoms with Gasteiger partial charge < -0.3 is 49.4 Å². The monoisotopic (exact) mass is 818 g/mol. The number of cyclic esters (lactones) is 1. The zero-order valence-electron chi connectivity index (χ0n) is 34.2. The van der Waals surface area contributed by atoms with Crippen molar-refractivity contribution in [2.24, 2.45) is 22.9 Å². The number of carbonyl (C=O) groups excluding carboxylic acids is 3. The van der Waals surface area contributed by atoms with E-state index in [0.717, 1.165) is 17.1 Å². The van der Waals surface area contributed by atoms with Crippen LogP contribution < -0.4 is 5.73 Å². The lowest BCUT2D eigenvalue weighted by molar-refractivity contribution is -0.296. The second kappa shape index (κ2) is 18.6. The van der Waals surface area contributed by atoms with Gasteiger partial charge in [-0.2, -0.15) is 9.36 Å². The Morgan fingerprint density at radius 3 is 2.49 bits per heavy atom. The Kier molecular flexibility index (Phi) is 14.6. The number of nitrogens with two attached hydrogens (primary N) is 1. The number of fused-ring (bicyclic) bond motifs is 5. The van der Waals surface area contributed by atoms with Gasteiger partial charge in [0, 0.05) is 36.1 Å². The van der Waals surface area contributed by atoms with Gasteiger partial charge in [-0.3, -0.25) is 19.4 Å². The van der Waals surface area contributed by atoms with Crippen molar-refractivity contribution in [3.8, 4) is 10.6 Å². The van der Waals surface area contributed by atoms with Crippen molar-refractivity contribution in [3.05, 3.63) is 24.0 Å². The number of hydrogen-bond acceptors (Lipinski definition) is 18. The van der Waals surface area contributed by atoms with Crippen molar-refractivity contribution in [2.45, 2.75) is 135 Å². The largest absolute Gasteiger partial charge is 0.459 e. The first-order valence-corrected chi connectivity index (χ1v) is 20.2. The number of oxime groups is 1. The third kappa shape index (κ3) is 10.4. The number of nitrogens with zero attached hydrogens (tertiary/aromatic N) is 5. The number of carbonyl (C=O) groups is 3. The SMILES string of the molecule is CC[C@H]1OC(=O)[C@H](C)C(=O)[C@H](C)[C@@H](O[C@@H]2O[C@H](C)C[C@H](N(C)C)[C@H]2O)[C@@]2(C)C[C@@H](C)C(=O)C[C@@H](OC/C(=N\OCc3ccc(-c4nc(N)ns4)cn3)CO2)[C@]1(C)O. The third-order valence-electron chi connectivity index (χ3n) is 11.4. The van der Waals surface area contributed by atoms with Crippen LogP contribution in [0.4, 0.5) is 5.95 Å². The van der Waals surface area contributed by atoms with Gasteiger partial charge >= 0.3 is 5.97 Å². The maximum atomic E-state index is 14.3. The quantitative estimate of drug-likeness (QED) is 0.198. The van der Waals surface area contributed by atoms with Gasteiger partial charge in [-0.05, 0) is 84.7 Å². The number of pyridine rings is 1. The number of ether oxygens (including phenoxy) is 5. The van der Waals surface area contributed by atoms with Crippen LogP contribution in [0, 0.1) is 17.8 Å². The smallest absolute Gasteiger partial charge is 0.316 e. The Hall–Kier alpha value is -3.49. The Labute approximate surface area is 337 Å². The van der Waals surface area contributed by atoms with E-state index in [1.807, 2.05) is 32.0 Å². The fraction of sp³-hybridized carbons (Fsp3) is 0.718. The minimum absolute atomic E-state index is 0.0267. The van der Waals surface area contributed by atoms with Gasteiger partial charge in [0.15, 0.2) is 18.7 Å². The molecule has 5 heterocycles. The molecule has 0 radical (unpaired) electrons. The van der Waals surface area contributed by atoms with Crippen LogP contribution in [0.3, 0.4) is 0 Å². The number of rotatable bonds is 8. The fourth-order valence-electron chi connectivity index (χ4n) is 7.83. The van der Waals surface area contributed by atoms with Crippen LogP contribution in [-0.2, 0) is 49.5 Å². The van der Waals surface area contributed by atoms with E-state index in [2.05, 4.69) is 19.5 Å². The minimum Gasteiger partial charge on any atom is -0.459 e. The highest BCUT2D eigenvalue weighted by Gasteiger charge is 2.52. The summed E-state index contributed by atoms with van der Waals surface area (Å²) in [6.45, 7) is 11.1. The molecular weight excluding hydrogens is 761 g/mol. The molecule has 18 heteroatoms. The molecule has 3 aliphatic rings. The Morgan fingerprint density at radius 1 is 1.12 bits per heavy atom. The van der Waals surface area contributed by atoms with Crippen molar-refractivity contribution in [3.63, 3.8) is 0 Å². The molecule has 0 spiro atoms. The number of esters is 1. The van der Waals surface area contributed by atoms with E-state index in [-0.39, 0.29) is 68.7 Å². The molecule has 0 unspecified atom stereocenters. The van der Waals surface area contributed by atoms with E-state index >= 15 is 0 Å². The number of Topliss-reactive ketones (excluding diaryl/α,β-unsaturated/α-hetero) is 2. The molecule has 17 nitrogen and oxygen atoms in total. The lowest BCUT2D eigenvalue weighted by Crippen LogP contribution is -2.59. The summed E-state index contributed by atoms with van der Waals surface area (Å²) in [7, 11) is 3.71. The topological polar surface area (TPSA) is 227 Å². The number of ketones is 2. The summed E-state index contributed by atoms with van der Waals surface area (Å²) < 4.78 is 35.7. The normalized spacial score (nSPS) is 37.0. The summed E-state index contributed by atoms with van der Waals surface area (Å²) in [6, 6.07) is 3.25. The molecule has 3 aliphatic heterocycles. The van der Waals surface area contributed by atoms with Gasteiger partial charge in [0.05, 0.1) is 42.8 Å². The van der Waals surface area contributed by atoms with E-state index < -0.39 is 71.4 Å². The van der Waals surface area contributed by atoms with Gasteiger partial charge in [0.25, 0.3) is 0 Å². The summed E-state index contributed by atoms with van der Waals surface area (Å²) in [5, 5.41) is 28.5. The van der Waals surface area contributed by atoms with Gasteiger partial charge in [-0.15, -0.1) is 0 Å². The molecule has 2 aromatic heterocycles. The molecule has 0 aromatic carbocycles. The van der Waals surface area contributed by atoms with E-state index in [1.165, 1.54) is 13.8 Å². The van der Waals surface area contributed by atoms with Crippen LogP contribution >= 0.6 is 11.5 Å². The molecule has 2 aromatic rings. The predicted octanol–water partition coefficient (Wildman–Crippen LogP) is 2.95. The first-order valence-electron chi connectivity index (χ1n) is 19.5. The number of aliphatic hydroxyl groups excluding tert-OH is 1. The maximum Gasteiger partial charge on any atom is 0.316 e. The molecule has 316 valence electrons. The zero-order valence-corrected chi connectivity index (χ0v) is 35.1. The van der Waals surface area contributed by atoms with E-state index in [0.29, 0.717) is 17.1 Å². The van der Waals surface area contributed by atoms with Crippen molar-refractivity contribution in [1.82, 2.24) is 19.2 Å². The summed E-state index contributed by atoms with van der Waals surface area (Å²) in [4.78, 5) is 58.3. The second-order valence-electron chi connectivity index (χ2n) is 16.2. The minimum atomic E-state index is -1.86. The van der Waals surface area contributed by atoms with Crippen LogP contribution in [0.5, 0.6) is 0 Å². The molecule has 5 rings (SSSR count). The van der Waals surface area contributed by atoms with Crippen LogP contribution in [-0.4, -0.2) is 134 Å². The number of hydrogen-bond donors (Lipinski definition) is 3. The van der Waals surface area contributed by atoms with Crippen LogP contribution in [0.1, 0.15) is 79.8 Å². The summed E-state index contributed by atoms with van der Waals surface area (Å²) in [5.41, 5.74) is 3.94. The van der Waals surface area contributed by atoms with E-state index in [1.54, 1.807) is 40.0 Å². The lowest BCUT2D eigenvalue weighted by Gasteiger charge is -2.47. The lowest BCUT2D eigenvalue weighted by atomic mass is 9.76. The summed E-state index contributed by atoms with van der Waals surface area (Å²) in [6.07, 6.45) is -3.88. The third-order valence-corrected chi connectivity index (χ3v) is 12.1. The van der Waals surface area contributed by atoms with Crippen molar-refractivity contribution in [1.29, 1.82) is 0 Å². The molecule has 57 heavy (non-hydrogen) atoms.